The normalized spacial score (nSPS) is 17.5. The summed E-state index contributed by atoms with van der Waals surface area (Å²) in [6.07, 6.45) is 13.3. The van der Waals surface area contributed by atoms with Crippen LogP contribution in [0.1, 0.15) is 93.4 Å². The molecule has 0 amide bonds. The summed E-state index contributed by atoms with van der Waals surface area (Å²) < 4.78 is 5.47. The van der Waals surface area contributed by atoms with Crippen LogP contribution in [0.3, 0.4) is 0 Å². The molecule has 0 spiro atoms. The van der Waals surface area contributed by atoms with Crippen LogP contribution < -0.4 is 0 Å². The number of esters is 1. The summed E-state index contributed by atoms with van der Waals surface area (Å²) >= 11 is 0. The molecule has 0 heterocycles. The van der Waals surface area contributed by atoms with Crippen LogP contribution in [0.5, 0.6) is 0 Å². The van der Waals surface area contributed by atoms with Crippen LogP contribution in [-0.4, -0.2) is 34.3 Å². The molecule has 0 aliphatic heterocycles. The van der Waals surface area contributed by atoms with E-state index in [0.29, 0.717) is 30.4 Å². The zero-order valence-electron chi connectivity index (χ0n) is 22.0. The number of carbonyl (C=O) groups excluding carboxylic acids is 3. The van der Waals surface area contributed by atoms with Crippen molar-refractivity contribution in [2.45, 2.75) is 105 Å². The third-order valence-corrected chi connectivity index (χ3v) is 6.07. The molecule has 1 aliphatic rings. The first kappa shape index (κ1) is 29.5. The Morgan fingerprint density at radius 2 is 1.62 bits per heavy atom. The predicted octanol–water partition coefficient (Wildman–Crippen LogP) is 6.28. The van der Waals surface area contributed by atoms with Gasteiger partial charge in [0.15, 0.2) is 11.6 Å². The van der Waals surface area contributed by atoms with Crippen molar-refractivity contribution in [1.82, 2.24) is 0 Å². The van der Waals surface area contributed by atoms with E-state index in [1.54, 1.807) is 13.8 Å². The second-order valence-corrected chi connectivity index (χ2v) is 9.88. The van der Waals surface area contributed by atoms with E-state index < -0.39 is 11.7 Å². The van der Waals surface area contributed by atoms with E-state index in [2.05, 4.69) is 12.2 Å². The van der Waals surface area contributed by atoms with E-state index in [1.165, 1.54) is 30.2 Å². The van der Waals surface area contributed by atoms with E-state index in [9.17, 15) is 19.5 Å². The number of allylic oxidation sites excluding steroid dienone is 10. The maximum absolute atomic E-state index is 12.0. The van der Waals surface area contributed by atoms with Crippen molar-refractivity contribution in [2.24, 2.45) is 0 Å². The molecule has 0 fully saturated rings. The largest absolute Gasteiger partial charge is 0.459 e. The van der Waals surface area contributed by atoms with Crippen molar-refractivity contribution in [3.05, 3.63) is 58.2 Å². The Bertz CT molecular complexity index is 905. The van der Waals surface area contributed by atoms with Gasteiger partial charge in [0.1, 0.15) is 6.10 Å². The van der Waals surface area contributed by atoms with Gasteiger partial charge >= 0.3 is 5.97 Å². The fourth-order valence-corrected chi connectivity index (χ4v) is 3.77. The van der Waals surface area contributed by atoms with Crippen molar-refractivity contribution in [3.63, 3.8) is 0 Å². The smallest absolute Gasteiger partial charge is 0.303 e. The van der Waals surface area contributed by atoms with Crippen molar-refractivity contribution < 1.29 is 24.2 Å². The number of carbonyl (C=O) groups is 3. The first-order valence-corrected chi connectivity index (χ1v) is 12.1. The lowest BCUT2D eigenvalue weighted by Crippen LogP contribution is -2.42. The Morgan fingerprint density at radius 1 is 0.971 bits per heavy atom. The first-order valence-electron chi connectivity index (χ1n) is 12.1. The Kier molecular flexibility index (Phi) is 12.2. The van der Waals surface area contributed by atoms with E-state index in [0.717, 1.165) is 31.3 Å². The van der Waals surface area contributed by atoms with Crippen LogP contribution in [-0.2, 0) is 19.1 Å². The third-order valence-electron chi connectivity index (χ3n) is 6.07. The second kappa shape index (κ2) is 14.0. The van der Waals surface area contributed by atoms with Gasteiger partial charge in [-0.2, -0.15) is 0 Å². The number of hydrogen-bond donors (Lipinski definition) is 1. The Hall–Kier alpha value is -2.53. The highest BCUT2D eigenvalue weighted by atomic mass is 16.6. The second-order valence-electron chi connectivity index (χ2n) is 9.88. The van der Waals surface area contributed by atoms with Gasteiger partial charge in [0.05, 0.1) is 5.60 Å². The van der Waals surface area contributed by atoms with Gasteiger partial charge in [-0.15, -0.1) is 0 Å². The van der Waals surface area contributed by atoms with Gasteiger partial charge < -0.3 is 9.84 Å². The molecule has 5 heteroatoms. The van der Waals surface area contributed by atoms with Crippen molar-refractivity contribution >= 4 is 17.5 Å². The average molecular weight is 471 g/mol. The van der Waals surface area contributed by atoms with Crippen LogP contribution in [0.2, 0.25) is 0 Å². The van der Waals surface area contributed by atoms with Gasteiger partial charge in [-0.1, -0.05) is 34.9 Å². The summed E-state index contributed by atoms with van der Waals surface area (Å²) in [5.74, 6) is -0.563. The lowest BCUT2D eigenvalue weighted by molar-refractivity contribution is -0.162. The molecule has 1 aliphatic carbocycles. The zero-order chi connectivity index (χ0) is 25.9. The molecule has 188 valence electrons. The van der Waals surface area contributed by atoms with E-state index >= 15 is 0 Å². The zero-order valence-corrected chi connectivity index (χ0v) is 22.0. The average Bonchev–Trinajstić information content (AvgIpc) is 2.72. The lowest BCUT2D eigenvalue weighted by atomic mass is 9.89. The number of rotatable bonds is 13. The minimum atomic E-state index is -1.09. The van der Waals surface area contributed by atoms with Gasteiger partial charge in [0.2, 0.25) is 0 Å². The summed E-state index contributed by atoms with van der Waals surface area (Å²) in [7, 11) is 0. The summed E-state index contributed by atoms with van der Waals surface area (Å²) in [5.41, 5.74) is 3.48. The topological polar surface area (TPSA) is 80.7 Å². The monoisotopic (exact) mass is 470 g/mol. The quantitative estimate of drug-likeness (QED) is 0.195. The summed E-state index contributed by atoms with van der Waals surface area (Å²) in [6.45, 7) is 12.9. The molecule has 1 N–H and O–H groups in total. The Balaban J connectivity index is 2.59. The molecule has 1 rings (SSSR count). The molecular weight excluding hydrogens is 428 g/mol. The molecule has 2 atom stereocenters. The van der Waals surface area contributed by atoms with Crippen LogP contribution >= 0.6 is 0 Å². The Morgan fingerprint density at radius 3 is 2.24 bits per heavy atom. The number of aliphatic hydroxyl groups is 1. The molecule has 2 unspecified atom stereocenters. The van der Waals surface area contributed by atoms with Crippen LogP contribution in [0.15, 0.2) is 58.2 Å². The third kappa shape index (κ3) is 11.1. The van der Waals surface area contributed by atoms with E-state index in [4.69, 9.17) is 4.74 Å². The first-order chi connectivity index (χ1) is 15.8. The SMILES string of the molecule is CC(=O)OC(CCC(C)=CCCC(C)=CCC1=CC(=O)C(C)=CC1=O)C(C)(O)CCC=C(C)C. The molecule has 0 saturated carbocycles. The van der Waals surface area contributed by atoms with Crippen molar-refractivity contribution in [3.8, 4) is 0 Å². The predicted molar refractivity (Wildman–Crippen MR) is 137 cm³/mol. The van der Waals surface area contributed by atoms with Gasteiger partial charge in [-0.25, -0.2) is 0 Å². The minimum Gasteiger partial charge on any atom is -0.459 e. The summed E-state index contributed by atoms with van der Waals surface area (Å²) in [4.78, 5) is 35.4. The molecule has 0 aromatic heterocycles. The van der Waals surface area contributed by atoms with E-state index in [-0.39, 0.29) is 17.5 Å². The maximum Gasteiger partial charge on any atom is 0.303 e. The maximum atomic E-state index is 12.0. The highest BCUT2D eigenvalue weighted by molar-refractivity contribution is 6.19. The summed E-state index contributed by atoms with van der Waals surface area (Å²) in [6, 6.07) is 0. The molecule has 0 aromatic rings. The molecule has 34 heavy (non-hydrogen) atoms. The van der Waals surface area contributed by atoms with Crippen LogP contribution in [0.25, 0.3) is 0 Å². The van der Waals surface area contributed by atoms with Crippen molar-refractivity contribution in [2.75, 3.05) is 0 Å². The number of ether oxygens (including phenoxy) is 1. The standard InChI is InChI=1S/C29H42O5/c1-20(2)10-9-17-29(7,33)28(34-24(6)30)16-14-22(4)12-8-11-21(3)13-15-25-19-26(31)23(5)18-27(25)32/h10,12-13,18-19,28,33H,8-9,11,14-17H2,1-7H3. The summed E-state index contributed by atoms with van der Waals surface area (Å²) in [5, 5.41) is 10.9. The fraction of sp³-hybridized carbons (Fsp3) is 0.552. The highest BCUT2D eigenvalue weighted by Gasteiger charge is 2.33. The molecule has 5 nitrogen and oxygen atoms in total. The Labute approximate surface area is 205 Å². The highest BCUT2D eigenvalue weighted by Crippen LogP contribution is 2.26. The molecule has 0 radical (unpaired) electrons. The molecule has 0 bridgehead atoms. The van der Waals surface area contributed by atoms with Gasteiger partial charge in [-0.3, -0.25) is 14.4 Å². The van der Waals surface area contributed by atoms with Gasteiger partial charge in [0, 0.05) is 18.1 Å². The van der Waals surface area contributed by atoms with Crippen molar-refractivity contribution in [1.29, 1.82) is 0 Å². The molecular formula is C29H42O5. The van der Waals surface area contributed by atoms with Gasteiger partial charge in [0.25, 0.3) is 0 Å². The molecule has 0 aromatic carbocycles. The van der Waals surface area contributed by atoms with Crippen LogP contribution in [0, 0.1) is 0 Å². The van der Waals surface area contributed by atoms with E-state index in [1.807, 2.05) is 33.8 Å². The molecule has 0 saturated heterocycles. The number of ketones is 2. The lowest BCUT2D eigenvalue weighted by Gasteiger charge is -2.32. The van der Waals surface area contributed by atoms with Crippen LogP contribution in [0.4, 0.5) is 0 Å². The number of hydrogen-bond acceptors (Lipinski definition) is 5. The van der Waals surface area contributed by atoms with Gasteiger partial charge in [-0.05, 0) is 98.6 Å². The minimum absolute atomic E-state index is 0.0871. The fourth-order valence-electron chi connectivity index (χ4n) is 3.77.